The number of rotatable bonds is 1. The zero-order chi connectivity index (χ0) is 7.40. The molecule has 0 aromatic heterocycles. The van der Waals surface area contributed by atoms with E-state index in [2.05, 4.69) is 62.2 Å². The van der Waals surface area contributed by atoms with Crippen LogP contribution in [0.5, 0.6) is 0 Å². The van der Waals surface area contributed by atoms with E-state index in [9.17, 15) is 0 Å². The molecule has 46 valence electrons. The topological polar surface area (TPSA) is 0 Å². The molecule has 1 aromatic rings. The van der Waals surface area contributed by atoms with Gasteiger partial charge in [0.25, 0.3) is 0 Å². The van der Waals surface area contributed by atoms with Crippen molar-refractivity contribution in [3.63, 3.8) is 0 Å². The van der Waals surface area contributed by atoms with E-state index < -0.39 is 0 Å². The monoisotopic (exact) mass is 250 g/mol. The first-order valence-electron chi connectivity index (χ1n) is 2.99. The second-order valence-electron chi connectivity index (χ2n) is 1.92. The molecular weight excluding hydrogens is 241 g/mol. The molecule has 0 aliphatic carbocycles. The van der Waals surface area contributed by atoms with E-state index in [-0.39, 0.29) is 0 Å². The molecule has 6 radical (unpaired) electrons. The summed E-state index contributed by atoms with van der Waals surface area (Å²) in [6.45, 7) is 0. The third-order valence-electron chi connectivity index (χ3n) is 1.23. The van der Waals surface area contributed by atoms with E-state index in [1.807, 2.05) is 6.07 Å². The van der Waals surface area contributed by atoms with Crippen molar-refractivity contribution in [1.82, 2.24) is 0 Å². The van der Waals surface area contributed by atoms with Crippen molar-refractivity contribution in [2.24, 2.45) is 0 Å². The van der Waals surface area contributed by atoms with Crippen LogP contribution in [0.3, 0.4) is 0 Å². The molecule has 0 nitrogen and oxygen atoms in total. The zero-order valence-corrected chi connectivity index (χ0v) is 9.66. The summed E-state index contributed by atoms with van der Waals surface area (Å²) in [5.74, 6) is 0. The van der Waals surface area contributed by atoms with E-state index in [0.29, 0.717) is 0 Å². The van der Waals surface area contributed by atoms with Crippen LogP contribution in [-0.4, -0.2) is 33.0 Å². The summed E-state index contributed by atoms with van der Waals surface area (Å²) in [5.41, 5.74) is 1.31. The molecule has 0 atom stereocenters. The van der Waals surface area contributed by atoms with Crippen LogP contribution in [0.15, 0.2) is 35.2 Å². The summed E-state index contributed by atoms with van der Waals surface area (Å²) in [7, 11) is 0. The van der Waals surface area contributed by atoms with E-state index in [4.69, 9.17) is 0 Å². The maximum atomic E-state index is 2.12. The van der Waals surface area contributed by atoms with Gasteiger partial charge in [0.1, 0.15) is 0 Å². The Bertz CT molecular complexity index is 226. The Morgan fingerprint density at radius 1 is 1.20 bits per heavy atom. The van der Waals surface area contributed by atoms with Gasteiger partial charge < -0.3 is 0 Å². The van der Waals surface area contributed by atoms with Gasteiger partial charge in [-0.3, -0.25) is 0 Å². The van der Waals surface area contributed by atoms with Gasteiger partial charge in [0.05, 0.1) is 0 Å². The standard InChI is InChI=1S/C8H6Ge2/c9-6-8(10)7-4-2-1-3-5-7/h1-6H/b8-6-. The van der Waals surface area contributed by atoms with Crippen molar-refractivity contribution in [1.29, 1.82) is 0 Å². The molecule has 0 saturated heterocycles. The number of hydrogen-bond acceptors (Lipinski definition) is 0. The summed E-state index contributed by atoms with van der Waals surface area (Å²) >= 11 is 4.18. The molecular formula is C8H6Ge2. The first kappa shape index (κ1) is 8.15. The summed E-state index contributed by atoms with van der Waals surface area (Å²) < 4.78 is 1.33. The third kappa shape index (κ3) is 2.02. The quantitative estimate of drug-likeness (QED) is 0.657. The van der Waals surface area contributed by atoms with Gasteiger partial charge in [0, 0.05) is 0 Å². The van der Waals surface area contributed by atoms with E-state index in [1.54, 1.807) is 0 Å². The summed E-state index contributed by atoms with van der Waals surface area (Å²) in [6, 6.07) is 10.4. The Kier molecular flexibility index (Phi) is 3.29. The SMILES string of the molecule is [Ge]/[CH]=[C](\[Ge])c1ccccc1. The second-order valence-corrected chi connectivity index (χ2v) is 3.66. The van der Waals surface area contributed by atoms with Crippen LogP contribution in [0.25, 0.3) is 4.41 Å². The summed E-state index contributed by atoms with van der Waals surface area (Å²) in [6.07, 6.45) is 0. The fourth-order valence-corrected chi connectivity index (χ4v) is 1.40. The average Bonchev–Trinajstić information content (AvgIpc) is 2.05. The molecule has 0 amide bonds. The van der Waals surface area contributed by atoms with Gasteiger partial charge in [-0.05, 0) is 0 Å². The van der Waals surface area contributed by atoms with Crippen LogP contribution in [0.4, 0.5) is 0 Å². The molecule has 0 aliphatic heterocycles. The van der Waals surface area contributed by atoms with Gasteiger partial charge >= 0.3 is 78.2 Å². The Morgan fingerprint density at radius 2 is 1.80 bits per heavy atom. The molecule has 1 rings (SSSR count). The van der Waals surface area contributed by atoms with Crippen LogP contribution in [-0.2, 0) is 0 Å². The molecule has 2 heteroatoms. The fourth-order valence-electron chi connectivity index (χ4n) is 0.701. The van der Waals surface area contributed by atoms with Gasteiger partial charge in [0.15, 0.2) is 0 Å². The van der Waals surface area contributed by atoms with Gasteiger partial charge in [-0.15, -0.1) is 0 Å². The fraction of sp³-hybridized carbons (Fsp3) is 0. The molecule has 0 N–H and O–H groups in total. The average molecular weight is 247 g/mol. The molecule has 0 spiro atoms. The molecule has 0 heterocycles. The van der Waals surface area contributed by atoms with Gasteiger partial charge in [0.2, 0.25) is 0 Å². The molecule has 1 aromatic carbocycles. The van der Waals surface area contributed by atoms with Crippen molar-refractivity contribution in [3.8, 4) is 0 Å². The Labute approximate surface area is 78.2 Å². The third-order valence-corrected chi connectivity index (χ3v) is 4.01. The summed E-state index contributed by atoms with van der Waals surface area (Å²) in [5, 5.41) is 0. The minimum atomic E-state index is 1.31. The van der Waals surface area contributed by atoms with E-state index in [1.165, 1.54) is 9.97 Å². The van der Waals surface area contributed by atoms with Crippen molar-refractivity contribution in [3.05, 3.63) is 40.8 Å². The molecule has 10 heavy (non-hydrogen) atoms. The Hall–Kier alpha value is 0.0457. The minimum absolute atomic E-state index is 1.31. The Morgan fingerprint density at radius 3 is 2.30 bits per heavy atom. The van der Waals surface area contributed by atoms with Gasteiger partial charge in [-0.25, -0.2) is 0 Å². The van der Waals surface area contributed by atoms with E-state index in [0.717, 1.165) is 0 Å². The maximum absolute atomic E-state index is 2.12. The molecule has 0 bridgehead atoms. The molecule has 0 fully saturated rings. The molecule has 0 unspecified atom stereocenters. The van der Waals surface area contributed by atoms with Crippen molar-refractivity contribution in [2.75, 3.05) is 0 Å². The Balaban J connectivity index is 2.96. The summed E-state index contributed by atoms with van der Waals surface area (Å²) in [4.78, 5) is 2.12. The second kappa shape index (κ2) is 4.04. The predicted octanol–water partition coefficient (Wildman–Crippen LogP) is 1.32. The van der Waals surface area contributed by atoms with Crippen LogP contribution >= 0.6 is 0 Å². The first-order chi connectivity index (χ1) is 4.84. The number of hydrogen-bond donors (Lipinski definition) is 0. The first-order valence-corrected chi connectivity index (χ1v) is 5.25. The predicted molar refractivity (Wildman–Crippen MR) is 45.9 cm³/mol. The van der Waals surface area contributed by atoms with Crippen LogP contribution in [0.2, 0.25) is 0 Å². The van der Waals surface area contributed by atoms with Crippen LogP contribution in [0.1, 0.15) is 5.56 Å². The zero-order valence-electron chi connectivity index (χ0n) is 5.46. The number of benzene rings is 1. The molecule has 0 aliphatic rings. The van der Waals surface area contributed by atoms with Crippen molar-refractivity contribution < 1.29 is 0 Å². The van der Waals surface area contributed by atoms with E-state index >= 15 is 0 Å². The van der Waals surface area contributed by atoms with Crippen LogP contribution < -0.4 is 0 Å². The van der Waals surface area contributed by atoms with Gasteiger partial charge in [-0.1, -0.05) is 0 Å². The van der Waals surface area contributed by atoms with Gasteiger partial charge in [-0.2, -0.15) is 0 Å². The molecule has 0 saturated carbocycles. The van der Waals surface area contributed by atoms with Crippen molar-refractivity contribution in [2.45, 2.75) is 0 Å². The van der Waals surface area contributed by atoms with Crippen LogP contribution in [0, 0.1) is 0 Å². The van der Waals surface area contributed by atoms with Crippen molar-refractivity contribution >= 4 is 37.4 Å². The normalized spacial score (nSPS) is 11.6.